The Balaban J connectivity index is 2.17. The lowest BCUT2D eigenvalue weighted by Gasteiger charge is -2.14. The lowest BCUT2D eigenvalue weighted by molar-refractivity contribution is 0.568. The average Bonchev–Trinajstić information content (AvgIpc) is 2.75. The van der Waals surface area contributed by atoms with Gasteiger partial charge in [-0.05, 0) is 6.92 Å². The highest BCUT2D eigenvalue weighted by Crippen LogP contribution is 2.24. The molecule has 0 fully saturated rings. The number of rotatable bonds is 2. The maximum atomic E-state index is 5.72. The molecule has 4 nitrogen and oxygen atoms in total. The molecular weight excluding hydrogens is 232 g/mol. The van der Waals surface area contributed by atoms with Gasteiger partial charge < -0.3 is 5.73 Å². The van der Waals surface area contributed by atoms with E-state index in [1.54, 1.807) is 11.3 Å². The predicted octanol–water partition coefficient (Wildman–Crippen LogP) is 2.58. The van der Waals surface area contributed by atoms with E-state index in [1.165, 1.54) is 0 Å². The topological polar surface area (TPSA) is 56.7 Å². The molecule has 2 aromatic heterocycles. The summed E-state index contributed by atoms with van der Waals surface area (Å²) in [6, 6.07) is 0. The van der Waals surface area contributed by atoms with Crippen LogP contribution < -0.4 is 5.73 Å². The first-order valence-corrected chi connectivity index (χ1v) is 6.48. The first kappa shape index (κ1) is 12.1. The third-order valence-corrected chi connectivity index (χ3v) is 3.43. The normalized spacial score (nSPS) is 12.0. The molecule has 0 spiro atoms. The second-order valence-electron chi connectivity index (χ2n) is 5.27. The van der Waals surface area contributed by atoms with Crippen LogP contribution in [0.2, 0.25) is 0 Å². The fourth-order valence-corrected chi connectivity index (χ4v) is 2.50. The van der Waals surface area contributed by atoms with Gasteiger partial charge in [0.05, 0.1) is 12.2 Å². The van der Waals surface area contributed by atoms with Gasteiger partial charge in [-0.2, -0.15) is 5.10 Å². The van der Waals surface area contributed by atoms with Gasteiger partial charge in [-0.3, -0.25) is 4.68 Å². The number of anilines is 1. The Labute approximate surface area is 105 Å². The van der Waals surface area contributed by atoms with E-state index in [4.69, 9.17) is 5.73 Å². The van der Waals surface area contributed by atoms with Crippen molar-refractivity contribution in [3.63, 3.8) is 0 Å². The molecule has 0 aliphatic carbocycles. The Morgan fingerprint density at radius 3 is 2.59 bits per heavy atom. The number of hydrogen-bond donors (Lipinski definition) is 1. The van der Waals surface area contributed by atoms with Crippen molar-refractivity contribution in [1.82, 2.24) is 14.8 Å². The van der Waals surface area contributed by atoms with Gasteiger partial charge in [0.15, 0.2) is 0 Å². The Hall–Kier alpha value is -1.36. The minimum atomic E-state index is 0.105. The number of nitrogens with zero attached hydrogens (tertiary/aromatic N) is 3. The van der Waals surface area contributed by atoms with Crippen LogP contribution in [0.5, 0.6) is 0 Å². The maximum absolute atomic E-state index is 5.72. The maximum Gasteiger partial charge on any atom is 0.148 e. The predicted molar refractivity (Wildman–Crippen MR) is 71.3 cm³/mol. The van der Waals surface area contributed by atoms with Crippen LogP contribution in [0.1, 0.15) is 37.0 Å². The summed E-state index contributed by atoms with van der Waals surface area (Å²) in [7, 11) is 0. The van der Waals surface area contributed by atoms with Crippen LogP contribution in [0.4, 0.5) is 5.82 Å². The summed E-state index contributed by atoms with van der Waals surface area (Å²) in [4.78, 5) is 4.63. The summed E-state index contributed by atoms with van der Waals surface area (Å²) < 4.78 is 1.84. The Kier molecular flexibility index (Phi) is 2.95. The van der Waals surface area contributed by atoms with Gasteiger partial charge in [0.2, 0.25) is 0 Å². The van der Waals surface area contributed by atoms with Crippen molar-refractivity contribution in [2.45, 2.75) is 39.7 Å². The molecule has 0 radical (unpaired) electrons. The molecule has 0 aromatic carbocycles. The van der Waals surface area contributed by atoms with Crippen molar-refractivity contribution in [1.29, 1.82) is 0 Å². The van der Waals surface area contributed by atoms with Crippen molar-refractivity contribution in [3.8, 4) is 0 Å². The second kappa shape index (κ2) is 4.14. The van der Waals surface area contributed by atoms with Crippen molar-refractivity contribution in [2.24, 2.45) is 0 Å². The molecule has 2 N–H and O–H groups in total. The van der Waals surface area contributed by atoms with Gasteiger partial charge in [-0.15, -0.1) is 11.3 Å². The molecule has 2 heterocycles. The van der Waals surface area contributed by atoms with Gasteiger partial charge in [-0.1, -0.05) is 20.8 Å². The first-order chi connectivity index (χ1) is 7.86. The standard InChI is InChI=1S/C12H18N4S/c1-8-5-16(15-11(8)13)6-10-14-9(7-17-10)12(2,3)4/h5,7H,6H2,1-4H3,(H2,13,15). The summed E-state index contributed by atoms with van der Waals surface area (Å²) in [5, 5.41) is 7.43. The molecule has 2 aromatic rings. The lowest BCUT2D eigenvalue weighted by atomic mass is 9.93. The zero-order chi connectivity index (χ0) is 12.6. The number of nitrogens with two attached hydrogens (primary N) is 1. The van der Waals surface area contributed by atoms with E-state index in [9.17, 15) is 0 Å². The van der Waals surface area contributed by atoms with E-state index in [-0.39, 0.29) is 5.41 Å². The van der Waals surface area contributed by atoms with E-state index in [0.717, 1.165) is 16.3 Å². The molecule has 0 unspecified atom stereocenters. The number of hydrogen-bond acceptors (Lipinski definition) is 4. The highest BCUT2D eigenvalue weighted by molar-refractivity contribution is 7.09. The highest BCUT2D eigenvalue weighted by Gasteiger charge is 2.17. The van der Waals surface area contributed by atoms with E-state index < -0.39 is 0 Å². The zero-order valence-corrected chi connectivity index (χ0v) is 11.5. The number of aryl methyl sites for hydroxylation is 1. The van der Waals surface area contributed by atoms with Crippen LogP contribution in [0.25, 0.3) is 0 Å². The van der Waals surface area contributed by atoms with Gasteiger partial charge in [0.1, 0.15) is 10.8 Å². The number of nitrogen functional groups attached to an aromatic ring is 1. The van der Waals surface area contributed by atoms with E-state index in [2.05, 4.69) is 36.2 Å². The van der Waals surface area contributed by atoms with Crippen molar-refractivity contribution >= 4 is 17.2 Å². The summed E-state index contributed by atoms with van der Waals surface area (Å²) in [6.07, 6.45) is 1.95. The van der Waals surface area contributed by atoms with Gasteiger partial charge >= 0.3 is 0 Å². The summed E-state index contributed by atoms with van der Waals surface area (Å²) in [5.74, 6) is 0.595. The van der Waals surface area contributed by atoms with Crippen LogP contribution in [0.3, 0.4) is 0 Å². The van der Waals surface area contributed by atoms with E-state index in [1.807, 2.05) is 17.8 Å². The second-order valence-corrected chi connectivity index (χ2v) is 6.21. The zero-order valence-electron chi connectivity index (χ0n) is 10.7. The van der Waals surface area contributed by atoms with Crippen LogP contribution in [-0.4, -0.2) is 14.8 Å². The molecular formula is C12H18N4S. The van der Waals surface area contributed by atoms with Gasteiger partial charge in [0, 0.05) is 22.6 Å². The molecule has 0 aliphatic heterocycles. The fourth-order valence-electron chi connectivity index (χ4n) is 1.48. The van der Waals surface area contributed by atoms with Crippen molar-refractivity contribution in [2.75, 3.05) is 5.73 Å². The molecule has 92 valence electrons. The van der Waals surface area contributed by atoms with Crippen molar-refractivity contribution < 1.29 is 0 Å². The number of aromatic nitrogens is 3. The molecule has 0 bridgehead atoms. The summed E-state index contributed by atoms with van der Waals surface area (Å²) >= 11 is 1.67. The van der Waals surface area contributed by atoms with Crippen molar-refractivity contribution in [3.05, 3.63) is 27.8 Å². The first-order valence-electron chi connectivity index (χ1n) is 5.60. The Morgan fingerprint density at radius 2 is 2.12 bits per heavy atom. The van der Waals surface area contributed by atoms with Gasteiger partial charge in [-0.25, -0.2) is 4.98 Å². The Morgan fingerprint density at radius 1 is 1.41 bits per heavy atom. The molecule has 0 saturated carbocycles. The third kappa shape index (κ3) is 2.66. The minimum absolute atomic E-state index is 0.105. The molecule has 5 heteroatoms. The summed E-state index contributed by atoms with van der Waals surface area (Å²) in [5.41, 5.74) is 7.97. The molecule has 2 rings (SSSR count). The SMILES string of the molecule is Cc1cn(Cc2nc(C(C)(C)C)cs2)nc1N. The van der Waals surface area contributed by atoms with E-state index >= 15 is 0 Å². The third-order valence-electron chi connectivity index (χ3n) is 2.60. The van der Waals surface area contributed by atoms with Crippen LogP contribution in [0.15, 0.2) is 11.6 Å². The van der Waals surface area contributed by atoms with Crippen LogP contribution in [0, 0.1) is 6.92 Å². The largest absolute Gasteiger partial charge is 0.382 e. The van der Waals surface area contributed by atoms with E-state index in [0.29, 0.717) is 12.4 Å². The molecule has 17 heavy (non-hydrogen) atoms. The van der Waals surface area contributed by atoms with Crippen LogP contribution in [-0.2, 0) is 12.0 Å². The minimum Gasteiger partial charge on any atom is -0.382 e. The monoisotopic (exact) mass is 250 g/mol. The van der Waals surface area contributed by atoms with Gasteiger partial charge in [0.25, 0.3) is 0 Å². The molecule has 0 aliphatic rings. The smallest absolute Gasteiger partial charge is 0.148 e. The lowest BCUT2D eigenvalue weighted by Crippen LogP contribution is -2.12. The highest BCUT2D eigenvalue weighted by atomic mass is 32.1. The Bertz CT molecular complexity index is 499. The number of thiazole rings is 1. The molecule has 0 atom stereocenters. The summed E-state index contributed by atoms with van der Waals surface area (Å²) in [6.45, 7) is 9.16. The molecule has 0 amide bonds. The quantitative estimate of drug-likeness (QED) is 0.891. The van der Waals surface area contributed by atoms with Crippen LogP contribution >= 0.6 is 11.3 Å². The fraction of sp³-hybridized carbons (Fsp3) is 0.500. The molecule has 0 saturated heterocycles. The average molecular weight is 250 g/mol.